The van der Waals surface area contributed by atoms with Gasteiger partial charge in [-0.1, -0.05) is 11.6 Å². The molecule has 0 radical (unpaired) electrons. The molecule has 2 aromatic carbocycles. The zero-order valence-corrected chi connectivity index (χ0v) is 17.2. The van der Waals surface area contributed by atoms with Crippen molar-refractivity contribution in [1.29, 1.82) is 0 Å². The standard InChI is InChI=1S/C22H19ClF3N3O2/c1-12-18(17-9-15(31-22(24,25)26)4-6-20(17)29-12)11-28-21(30)7-2-13-10-27-19-5-3-14(23)8-16(13)19/h3-6,8-10,27,29H,2,7,11H2,1H3,(H,28,30). The van der Waals surface area contributed by atoms with Crippen molar-refractivity contribution in [2.75, 3.05) is 0 Å². The van der Waals surface area contributed by atoms with Crippen LogP contribution in [0.4, 0.5) is 13.2 Å². The molecular formula is C22H19ClF3N3O2. The lowest BCUT2D eigenvalue weighted by Gasteiger charge is -2.09. The van der Waals surface area contributed by atoms with Gasteiger partial charge in [0.25, 0.3) is 0 Å². The van der Waals surface area contributed by atoms with E-state index in [1.807, 2.05) is 25.3 Å². The van der Waals surface area contributed by atoms with Crippen molar-refractivity contribution in [3.63, 3.8) is 0 Å². The summed E-state index contributed by atoms with van der Waals surface area (Å²) in [6.45, 7) is 2.00. The van der Waals surface area contributed by atoms with Crippen molar-refractivity contribution in [3.8, 4) is 5.75 Å². The smallest absolute Gasteiger partial charge is 0.406 e. The SMILES string of the molecule is Cc1[nH]c2ccc(OC(F)(F)F)cc2c1CNC(=O)CCc1c[nH]c2ccc(Cl)cc12. The molecule has 1 amide bonds. The van der Waals surface area contributed by atoms with Gasteiger partial charge in [-0.3, -0.25) is 4.79 Å². The highest BCUT2D eigenvalue weighted by Crippen LogP contribution is 2.30. The minimum absolute atomic E-state index is 0.159. The van der Waals surface area contributed by atoms with Gasteiger partial charge in [0, 0.05) is 51.7 Å². The summed E-state index contributed by atoms with van der Waals surface area (Å²) < 4.78 is 41.6. The average molecular weight is 450 g/mol. The Balaban J connectivity index is 1.43. The lowest BCUT2D eigenvalue weighted by Crippen LogP contribution is -2.23. The Morgan fingerprint density at radius 3 is 2.68 bits per heavy atom. The summed E-state index contributed by atoms with van der Waals surface area (Å²) in [5, 5.41) is 5.03. The summed E-state index contributed by atoms with van der Waals surface area (Å²) in [6, 6.07) is 9.64. The van der Waals surface area contributed by atoms with Gasteiger partial charge in [-0.2, -0.15) is 0 Å². The van der Waals surface area contributed by atoms with Crippen LogP contribution < -0.4 is 10.1 Å². The van der Waals surface area contributed by atoms with Gasteiger partial charge in [-0.05, 0) is 60.9 Å². The molecule has 31 heavy (non-hydrogen) atoms. The molecule has 0 aliphatic rings. The molecule has 9 heteroatoms. The second-order valence-electron chi connectivity index (χ2n) is 7.26. The second kappa shape index (κ2) is 8.19. The number of H-pyrrole nitrogens is 2. The predicted molar refractivity (Wildman–Crippen MR) is 113 cm³/mol. The van der Waals surface area contributed by atoms with Crippen molar-refractivity contribution >= 4 is 39.3 Å². The fourth-order valence-electron chi connectivity index (χ4n) is 3.67. The number of alkyl halides is 3. The fourth-order valence-corrected chi connectivity index (χ4v) is 3.84. The van der Waals surface area contributed by atoms with Crippen molar-refractivity contribution in [2.45, 2.75) is 32.7 Å². The molecule has 0 spiro atoms. The maximum atomic E-state index is 12.5. The molecule has 2 heterocycles. The summed E-state index contributed by atoms with van der Waals surface area (Å²) in [5.74, 6) is -0.461. The van der Waals surface area contributed by atoms with E-state index in [-0.39, 0.29) is 24.6 Å². The second-order valence-corrected chi connectivity index (χ2v) is 7.70. The minimum atomic E-state index is -4.76. The number of aromatic amines is 2. The van der Waals surface area contributed by atoms with Crippen LogP contribution in [0.2, 0.25) is 5.02 Å². The van der Waals surface area contributed by atoms with E-state index >= 15 is 0 Å². The highest BCUT2D eigenvalue weighted by molar-refractivity contribution is 6.31. The monoisotopic (exact) mass is 449 g/mol. The van der Waals surface area contributed by atoms with E-state index < -0.39 is 6.36 Å². The maximum Gasteiger partial charge on any atom is 0.573 e. The van der Waals surface area contributed by atoms with E-state index in [1.54, 1.807) is 6.07 Å². The van der Waals surface area contributed by atoms with Crippen molar-refractivity contribution in [1.82, 2.24) is 15.3 Å². The first-order valence-corrected chi connectivity index (χ1v) is 9.96. The van der Waals surface area contributed by atoms with E-state index in [4.69, 9.17) is 11.6 Å². The number of hydrogen-bond donors (Lipinski definition) is 3. The molecule has 4 aromatic rings. The largest absolute Gasteiger partial charge is 0.573 e. The van der Waals surface area contributed by atoms with Gasteiger partial charge in [-0.15, -0.1) is 13.2 Å². The molecule has 5 nitrogen and oxygen atoms in total. The molecule has 0 aliphatic carbocycles. The quantitative estimate of drug-likeness (QED) is 0.350. The Kier molecular flexibility index (Phi) is 5.58. The van der Waals surface area contributed by atoms with Crippen LogP contribution in [0.15, 0.2) is 42.6 Å². The number of fused-ring (bicyclic) bond motifs is 2. The molecule has 0 saturated heterocycles. The van der Waals surface area contributed by atoms with Crippen LogP contribution in [0.25, 0.3) is 21.8 Å². The molecule has 4 rings (SSSR count). The van der Waals surface area contributed by atoms with Crippen LogP contribution in [-0.4, -0.2) is 22.2 Å². The molecule has 2 aromatic heterocycles. The van der Waals surface area contributed by atoms with Gasteiger partial charge in [-0.25, -0.2) is 0 Å². The van der Waals surface area contributed by atoms with E-state index in [2.05, 4.69) is 20.0 Å². The number of nitrogens with one attached hydrogen (secondary N) is 3. The molecule has 0 fully saturated rings. The van der Waals surface area contributed by atoms with Crippen LogP contribution in [0.5, 0.6) is 5.75 Å². The number of aryl methyl sites for hydroxylation is 2. The lowest BCUT2D eigenvalue weighted by atomic mass is 10.1. The Hall–Kier alpha value is -3.13. The normalized spacial score (nSPS) is 11.9. The summed E-state index contributed by atoms with van der Waals surface area (Å²) >= 11 is 6.06. The number of hydrogen-bond acceptors (Lipinski definition) is 2. The first-order valence-electron chi connectivity index (χ1n) is 9.59. The van der Waals surface area contributed by atoms with Crippen molar-refractivity contribution in [2.24, 2.45) is 0 Å². The number of rotatable bonds is 6. The van der Waals surface area contributed by atoms with Gasteiger partial charge in [0.1, 0.15) is 5.75 Å². The van der Waals surface area contributed by atoms with Gasteiger partial charge >= 0.3 is 6.36 Å². The number of halogens is 4. The van der Waals surface area contributed by atoms with E-state index in [9.17, 15) is 18.0 Å². The zero-order chi connectivity index (χ0) is 22.2. The maximum absolute atomic E-state index is 12.5. The number of benzene rings is 2. The summed E-state index contributed by atoms with van der Waals surface area (Å²) in [4.78, 5) is 18.7. The molecule has 3 N–H and O–H groups in total. The van der Waals surface area contributed by atoms with Gasteiger partial charge in [0.2, 0.25) is 5.91 Å². The minimum Gasteiger partial charge on any atom is -0.406 e. The molecule has 0 saturated carbocycles. The Bertz CT molecular complexity index is 1260. The van der Waals surface area contributed by atoms with E-state index in [0.29, 0.717) is 22.3 Å². The first kappa shape index (κ1) is 21.1. The van der Waals surface area contributed by atoms with Crippen LogP contribution in [-0.2, 0) is 17.8 Å². The van der Waals surface area contributed by atoms with Crippen molar-refractivity contribution < 1.29 is 22.7 Å². The summed E-state index contributed by atoms with van der Waals surface area (Å²) in [7, 11) is 0. The first-order chi connectivity index (χ1) is 14.7. The molecule has 162 valence electrons. The average Bonchev–Trinajstić information content (AvgIpc) is 3.23. The third kappa shape index (κ3) is 4.80. The van der Waals surface area contributed by atoms with Crippen LogP contribution in [0.3, 0.4) is 0 Å². The molecule has 0 aliphatic heterocycles. The topological polar surface area (TPSA) is 69.9 Å². The number of aromatic nitrogens is 2. The predicted octanol–water partition coefficient (Wildman–Crippen LogP) is 5.76. The van der Waals surface area contributed by atoms with E-state index in [1.165, 1.54) is 18.2 Å². The lowest BCUT2D eigenvalue weighted by molar-refractivity contribution is -0.274. The number of amides is 1. The van der Waals surface area contributed by atoms with Gasteiger partial charge in [0.05, 0.1) is 0 Å². The van der Waals surface area contributed by atoms with Gasteiger partial charge < -0.3 is 20.0 Å². The Labute approximate surface area is 180 Å². The number of carbonyl (C=O) groups is 1. The van der Waals surface area contributed by atoms with Crippen molar-refractivity contribution in [3.05, 3.63) is 64.4 Å². The fraction of sp³-hybridized carbons (Fsp3) is 0.227. The number of ether oxygens (including phenoxy) is 1. The Morgan fingerprint density at radius 2 is 1.90 bits per heavy atom. The highest BCUT2D eigenvalue weighted by atomic mass is 35.5. The molecule has 0 atom stereocenters. The number of carbonyl (C=O) groups excluding carboxylic acids is 1. The molecule has 0 bridgehead atoms. The Morgan fingerprint density at radius 1 is 1.13 bits per heavy atom. The van der Waals surface area contributed by atoms with Gasteiger partial charge in [0.15, 0.2) is 0 Å². The van der Waals surface area contributed by atoms with Crippen LogP contribution >= 0.6 is 11.6 Å². The summed E-state index contributed by atoms with van der Waals surface area (Å²) in [6.07, 6.45) is -2.10. The molecule has 0 unspecified atom stereocenters. The third-order valence-corrected chi connectivity index (χ3v) is 5.37. The van der Waals surface area contributed by atoms with Crippen LogP contribution in [0, 0.1) is 6.92 Å². The summed E-state index contributed by atoms with van der Waals surface area (Å²) in [5.41, 5.74) is 4.10. The van der Waals surface area contributed by atoms with E-state index in [0.717, 1.165) is 27.7 Å². The van der Waals surface area contributed by atoms with Crippen LogP contribution in [0.1, 0.15) is 23.2 Å². The molecular weight excluding hydrogens is 431 g/mol. The highest BCUT2D eigenvalue weighted by Gasteiger charge is 2.31. The zero-order valence-electron chi connectivity index (χ0n) is 16.5. The third-order valence-electron chi connectivity index (χ3n) is 5.14.